The topological polar surface area (TPSA) is 57.9 Å². The van der Waals surface area contributed by atoms with E-state index in [1.54, 1.807) is 7.11 Å². The van der Waals surface area contributed by atoms with Gasteiger partial charge in [0.2, 0.25) is 0 Å². The number of rotatable bonds is 10. The van der Waals surface area contributed by atoms with Crippen molar-refractivity contribution in [2.24, 2.45) is 12.0 Å². The third-order valence-corrected chi connectivity index (χ3v) is 4.01. The molecule has 0 saturated heterocycles. The molecule has 1 heterocycles. The van der Waals surface area contributed by atoms with Crippen LogP contribution in [0.25, 0.3) is 0 Å². The van der Waals surface area contributed by atoms with E-state index in [0.717, 1.165) is 51.0 Å². The van der Waals surface area contributed by atoms with E-state index in [9.17, 15) is 0 Å². The van der Waals surface area contributed by atoms with Crippen LogP contribution in [0.2, 0.25) is 0 Å². The van der Waals surface area contributed by atoms with Crippen LogP contribution in [0.3, 0.4) is 0 Å². The lowest BCUT2D eigenvalue weighted by Gasteiger charge is -2.23. The Morgan fingerprint density at radius 2 is 2.04 bits per heavy atom. The number of halogens is 1. The average Bonchev–Trinajstić information content (AvgIpc) is 2.92. The number of nitrogens with zero attached hydrogens (tertiary/aromatic N) is 5. The van der Waals surface area contributed by atoms with Gasteiger partial charge in [-0.15, -0.1) is 24.0 Å². The molecule has 1 rings (SSSR count). The smallest absolute Gasteiger partial charge is 0.194 e. The van der Waals surface area contributed by atoms with Gasteiger partial charge in [-0.05, 0) is 19.9 Å². The summed E-state index contributed by atoms with van der Waals surface area (Å²) in [6, 6.07) is 0. The van der Waals surface area contributed by atoms with Gasteiger partial charge in [0.05, 0.1) is 18.8 Å². The highest BCUT2D eigenvalue weighted by molar-refractivity contribution is 14.0. The molecular weight excluding hydrogens is 443 g/mol. The molecule has 1 aromatic rings. The van der Waals surface area contributed by atoms with E-state index in [1.807, 2.05) is 11.7 Å². The van der Waals surface area contributed by atoms with Crippen LogP contribution >= 0.6 is 24.0 Å². The SMILES string of the molecule is CCNC(=NCCN(C)CCOC)N(C)Cc1cn(C)nc1C(C)C.I. The van der Waals surface area contributed by atoms with Crippen molar-refractivity contribution < 1.29 is 4.74 Å². The maximum absolute atomic E-state index is 5.11. The highest BCUT2D eigenvalue weighted by atomic mass is 127. The van der Waals surface area contributed by atoms with E-state index in [-0.39, 0.29) is 24.0 Å². The highest BCUT2D eigenvalue weighted by Gasteiger charge is 2.15. The van der Waals surface area contributed by atoms with E-state index >= 15 is 0 Å². The first-order chi connectivity index (χ1) is 11.9. The quantitative estimate of drug-likeness (QED) is 0.316. The van der Waals surface area contributed by atoms with Gasteiger partial charge in [-0.25, -0.2) is 0 Å². The van der Waals surface area contributed by atoms with E-state index in [1.165, 1.54) is 5.56 Å². The summed E-state index contributed by atoms with van der Waals surface area (Å²) in [4.78, 5) is 9.16. The number of aliphatic imine (C=N–C) groups is 1. The first-order valence-electron chi connectivity index (χ1n) is 9.08. The number of aromatic nitrogens is 2. The standard InChI is InChI=1S/C18H36N6O.HI/c1-8-19-18(20-9-10-22(4)11-12-25-7)23(5)13-16-14-24(6)21-17(16)15(2)3;/h14-15H,8-13H2,1-7H3,(H,19,20);1H. The van der Waals surface area contributed by atoms with Crippen LogP contribution in [-0.4, -0.2) is 79.5 Å². The molecule has 0 atom stereocenters. The van der Waals surface area contributed by atoms with E-state index in [2.05, 4.69) is 61.3 Å². The molecule has 0 fully saturated rings. The van der Waals surface area contributed by atoms with E-state index < -0.39 is 0 Å². The molecule has 26 heavy (non-hydrogen) atoms. The van der Waals surface area contributed by atoms with Crippen LogP contribution in [0.5, 0.6) is 0 Å². The van der Waals surface area contributed by atoms with Crippen molar-refractivity contribution in [2.75, 3.05) is 54.0 Å². The Bertz CT molecular complexity index is 532. The van der Waals surface area contributed by atoms with Crippen molar-refractivity contribution >= 4 is 29.9 Å². The first kappa shape index (κ1) is 25.1. The Kier molecular flexibility index (Phi) is 12.9. The second-order valence-corrected chi connectivity index (χ2v) is 6.76. The van der Waals surface area contributed by atoms with Gasteiger partial charge in [0.15, 0.2) is 5.96 Å². The minimum Gasteiger partial charge on any atom is -0.383 e. The number of guanidine groups is 1. The monoisotopic (exact) mass is 480 g/mol. The van der Waals surface area contributed by atoms with Gasteiger partial charge in [-0.3, -0.25) is 9.67 Å². The van der Waals surface area contributed by atoms with E-state index in [4.69, 9.17) is 9.73 Å². The summed E-state index contributed by atoms with van der Waals surface area (Å²) in [5, 5.41) is 7.97. The summed E-state index contributed by atoms with van der Waals surface area (Å²) in [6.45, 7) is 11.5. The molecule has 152 valence electrons. The molecule has 0 aromatic carbocycles. The van der Waals surface area contributed by atoms with Crippen LogP contribution in [0, 0.1) is 0 Å². The van der Waals surface area contributed by atoms with Crippen LogP contribution < -0.4 is 5.32 Å². The van der Waals surface area contributed by atoms with Gasteiger partial charge in [-0.2, -0.15) is 5.10 Å². The molecule has 8 heteroatoms. The molecule has 0 bridgehead atoms. The van der Waals surface area contributed by atoms with Crippen molar-refractivity contribution in [3.8, 4) is 0 Å². The summed E-state index contributed by atoms with van der Waals surface area (Å²) in [6.07, 6.45) is 2.11. The van der Waals surface area contributed by atoms with Gasteiger partial charge in [0.1, 0.15) is 0 Å². The summed E-state index contributed by atoms with van der Waals surface area (Å²) in [7, 11) is 7.88. The average molecular weight is 480 g/mol. The molecular formula is C18H37IN6O. The number of hydrogen-bond acceptors (Lipinski definition) is 4. The lowest BCUT2D eigenvalue weighted by molar-refractivity contribution is 0.163. The lowest BCUT2D eigenvalue weighted by Crippen LogP contribution is -2.39. The van der Waals surface area contributed by atoms with Gasteiger partial charge < -0.3 is 19.9 Å². The maximum Gasteiger partial charge on any atom is 0.194 e. The fourth-order valence-corrected chi connectivity index (χ4v) is 2.65. The molecule has 0 aliphatic heterocycles. The van der Waals surface area contributed by atoms with Gasteiger partial charge in [0, 0.05) is 59.1 Å². The van der Waals surface area contributed by atoms with Crippen LogP contribution in [0.1, 0.15) is 37.9 Å². The van der Waals surface area contributed by atoms with Crippen molar-refractivity contribution in [1.82, 2.24) is 24.9 Å². The number of aryl methyl sites for hydroxylation is 1. The summed E-state index contributed by atoms with van der Waals surface area (Å²) >= 11 is 0. The second-order valence-electron chi connectivity index (χ2n) is 6.76. The molecule has 0 aliphatic rings. The first-order valence-corrected chi connectivity index (χ1v) is 9.08. The predicted molar refractivity (Wildman–Crippen MR) is 120 cm³/mol. The molecule has 0 spiro atoms. The van der Waals surface area contributed by atoms with Gasteiger partial charge >= 0.3 is 0 Å². The highest BCUT2D eigenvalue weighted by Crippen LogP contribution is 2.18. The molecule has 0 aliphatic carbocycles. The molecule has 0 amide bonds. The van der Waals surface area contributed by atoms with Crippen molar-refractivity contribution in [1.29, 1.82) is 0 Å². The third-order valence-electron chi connectivity index (χ3n) is 4.01. The van der Waals surface area contributed by atoms with Crippen LogP contribution in [-0.2, 0) is 18.3 Å². The zero-order valence-corrected chi connectivity index (χ0v) is 19.8. The molecule has 0 saturated carbocycles. The molecule has 1 N–H and O–H groups in total. The summed E-state index contributed by atoms with van der Waals surface area (Å²) in [5.41, 5.74) is 2.41. The van der Waals surface area contributed by atoms with Crippen LogP contribution in [0.4, 0.5) is 0 Å². The summed E-state index contributed by atoms with van der Waals surface area (Å²) < 4.78 is 7.01. The third kappa shape index (κ3) is 8.68. The van der Waals surface area contributed by atoms with Gasteiger partial charge in [0.25, 0.3) is 0 Å². The Hall–Kier alpha value is -0.870. The second kappa shape index (κ2) is 13.3. The number of hydrogen-bond donors (Lipinski definition) is 1. The Balaban J connectivity index is 0.00000625. The fraction of sp³-hybridized carbons (Fsp3) is 0.778. The Morgan fingerprint density at radius 3 is 2.62 bits per heavy atom. The minimum atomic E-state index is 0. The number of nitrogens with one attached hydrogen (secondary N) is 1. The molecule has 0 unspecified atom stereocenters. The zero-order valence-electron chi connectivity index (χ0n) is 17.4. The van der Waals surface area contributed by atoms with Crippen molar-refractivity contribution in [3.63, 3.8) is 0 Å². The molecule has 0 radical (unpaired) electrons. The van der Waals surface area contributed by atoms with E-state index in [0.29, 0.717) is 5.92 Å². The summed E-state index contributed by atoms with van der Waals surface area (Å²) in [5.74, 6) is 1.35. The predicted octanol–water partition coefficient (Wildman–Crippen LogP) is 2.14. The molecule has 7 nitrogen and oxygen atoms in total. The van der Waals surface area contributed by atoms with Crippen molar-refractivity contribution in [2.45, 2.75) is 33.2 Å². The normalized spacial score (nSPS) is 11.8. The number of ether oxygens (including phenoxy) is 1. The van der Waals surface area contributed by atoms with Gasteiger partial charge in [-0.1, -0.05) is 13.8 Å². The van der Waals surface area contributed by atoms with Crippen LogP contribution in [0.15, 0.2) is 11.2 Å². The fourth-order valence-electron chi connectivity index (χ4n) is 2.65. The zero-order chi connectivity index (χ0) is 18.8. The minimum absolute atomic E-state index is 0. The Morgan fingerprint density at radius 1 is 1.35 bits per heavy atom. The number of methoxy groups -OCH3 is 1. The number of likely N-dealkylation sites (N-methyl/N-ethyl adjacent to an activating group) is 1. The lowest BCUT2D eigenvalue weighted by atomic mass is 10.1. The molecule has 1 aromatic heterocycles. The maximum atomic E-state index is 5.11. The largest absolute Gasteiger partial charge is 0.383 e. The Labute approximate surface area is 176 Å². The van der Waals surface area contributed by atoms with Crippen molar-refractivity contribution in [3.05, 3.63) is 17.5 Å².